The molecule has 2 aromatic carbocycles. The van der Waals surface area contributed by atoms with Crippen LogP contribution in [0.4, 0.5) is 11.4 Å². The summed E-state index contributed by atoms with van der Waals surface area (Å²) >= 11 is 7.71. The quantitative estimate of drug-likeness (QED) is 0.510. The molecule has 150 valence electrons. The first-order valence-electron chi connectivity index (χ1n) is 9.36. The lowest BCUT2D eigenvalue weighted by Crippen LogP contribution is -2.14. The van der Waals surface area contributed by atoms with Crippen molar-refractivity contribution in [1.29, 1.82) is 0 Å². The van der Waals surface area contributed by atoms with Gasteiger partial charge in [0.25, 0.3) is 0 Å². The molecule has 0 aliphatic carbocycles. The Kier molecular flexibility index (Phi) is 8.87. The number of hydrogen-bond donors (Lipinski definition) is 2. The number of aryl methyl sites for hydroxylation is 3. The summed E-state index contributed by atoms with van der Waals surface area (Å²) in [7, 11) is 0. The monoisotopic (exact) mass is 418 g/mol. The number of nitrogens with one attached hydrogen (secondary N) is 2. The van der Waals surface area contributed by atoms with E-state index >= 15 is 0 Å². The van der Waals surface area contributed by atoms with Crippen LogP contribution in [0, 0.1) is 20.8 Å². The topological polar surface area (TPSA) is 58.2 Å². The molecule has 0 aliphatic heterocycles. The van der Waals surface area contributed by atoms with Crippen molar-refractivity contribution >= 4 is 46.6 Å². The molecular formula is C22H27ClN2O2S. The van der Waals surface area contributed by atoms with Crippen LogP contribution in [0.25, 0.3) is 0 Å². The van der Waals surface area contributed by atoms with Crippen molar-refractivity contribution in [2.24, 2.45) is 0 Å². The van der Waals surface area contributed by atoms with Gasteiger partial charge in [-0.3, -0.25) is 9.59 Å². The fourth-order valence-electron chi connectivity index (χ4n) is 2.96. The van der Waals surface area contributed by atoms with Crippen LogP contribution in [0.1, 0.15) is 36.0 Å². The van der Waals surface area contributed by atoms with Gasteiger partial charge in [0.2, 0.25) is 11.8 Å². The summed E-state index contributed by atoms with van der Waals surface area (Å²) in [5.74, 6) is 1.54. The zero-order valence-corrected chi connectivity index (χ0v) is 18.2. The first-order valence-corrected chi connectivity index (χ1v) is 10.9. The standard InChI is InChI=1S/C22H27ClN2O2S/c1-15-13-16(2)22(17(3)14-15)25-20(26)9-6-11-28-12-10-21(27)24-19-8-5-4-7-18(19)23/h4-5,7-8,13-14H,6,9-12H2,1-3H3,(H,24,27)(H,25,26). The zero-order chi connectivity index (χ0) is 20.5. The number of hydrogen-bond acceptors (Lipinski definition) is 3. The Hall–Kier alpha value is -1.98. The van der Waals surface area contributed by atoms with Crippen molar-refractivity contribution in [3.05, 3.63) is 58.1 Å². The molecular weight excluding hydrogens is 392 g/mol. The number of anilines is 2. The highest BCUT2D eigenvalue weighted by molar-refractivity contribution is 7.99. The lowest BCUT2D eigenvalue weighted by atomic mass is 10.0. The summed E-state index contributed by atoms with van der Waals surface area (Å²) in [5, 5.41) is 6.37. The second kappa shape index (κ2) is 11.1. The van der Waals surface area contributed by atoms with E-state index in [1.807, 2.05) is 26.0 Å². The Labute approximate surface area is 176 Å². The van der Waals surface area contributed by atoms with Crippen molar-refractivity contribution in [1.82, 2.24) is 0 Å². The van der Waals surface area contributed by atoms with Gasteiger partial charge < -0.3 is 10.6 Å². The molecule has 0 atom stereocenters. The number of amides is 2. The Bertz CT molecular complexity index is 816. The molecule has 0 bridgehead atoms. The maximum atomic E-state index is 12.2. The molecule has 0 aliphatic rings. The second-order valence-corrected chi connectivity index (χ2v) is 8.45. The highest BCUT2D eigenvalue weighted by atomic mass is 35.5. The molecule has 0 radical (unpaired) electrons. The summed E-state index contributed by atoms with van der Waals surface area (Å²) in [6, 6.07) is 11.3. The molecule has 2 amide bonds. The highest BCUT2D eigenvalue weighted by Gasteiger charge is 2.09. The number of thioether (sulfide) groups is 1. The van der Waals surface area contributed by atoms with Crippen LogP contribution in [0.15, 0.2) is 36.4 Å². The average molecular weight is 419 g/mol. The first-order chi connectivity index (χ1) is 13.4. The van der Waals surface area contributed by atoms with Crippen molar-refractivity contribution in [2.75, 3.05) is 22.1 Å². The molecule has 0 fully saturated rings. The molecule has 6 heteroatoms. The van der Waals surface area contributed by atoms with Crippen LogP contribution < -0.4 is 10.6 Å². The summed E-state index contributed by atoms with van der Waals surface area (Å²) < 4.78 is 0. The van der Waals surface area contributed by atoms with Crippen molar-refractivity contribution in [3.63, 3.8) is 0 Å². The van der Waals surface area contributed by atoms with Gasteiger partial charge >= 0.3 is 0 Å². The van der Waals surface area contributed by atoms with Gasteiger partial charge in [-0.25, -0.2) is 0 Å². The van der Waals surface area contributed by atoms with Gasteiger partial charge in [0.05, 0.1) is 10.7 Å². The fourth-order valence-corrected chi connectivity index (χ4v) is 4.02. The number of rotatable bonds is 9. The van der Waals surface area contributed by atoms with Crippen LogP contribution in [-0.2, 0) is 9.59 Å². The first kappa shape index (κ1) is 22.3. The van der Waals surface area contributed by atoms with Gasteiger partial charge in [0, 0.05) is 24.3 Å². The van der Waals surface area contributed by atoms with E-state index in [1.165, 1.54) is 5.56 Å². The normalized spacial score (nSPS) is 10.6. The van der Waals surface area contributed by atoms with Gasteiger partial charge in [0.15, 0.2) is 0 Å². The van der Waals surface area contributed by atoms with Gasteiger partial charge in [-0.05, 0) is 56.2 Å². The van der Waals surface area contributed by atoms with Crippen LogP contribution in [0.2, 0.25) is 5.02 Å². The van der Waals surface area contributed by atoms with E-state index in [4.69, 9.17) is 11.6 Å². The van der Waals surface area contributed by atoms with E-state index < -0.39 is 0 Å². The molecule has 2 rings (SSSR count). The minimum absolute atomic E-state index is 0.0344. The Balaban J connectivity index is 1.62. The van der Waals surface area contributed by atoms with E-state index in [2.05, 4.69) is 29.7 Å². The summed E-state index contributed by atoms with van der Waals surface area (Å²) in [4.78, 5) is 24.1. The third-order valence-corrected chi connectivity index (χ3v) is 5.66. The van der Waals surface area contributed by atoms with Gasteiger partial charge in [-0.15, -0.1) is 0 Å². The van der Waals surface area contributed by atoms with Crippen LogP contribution in [-0.4, -0.2) is 23.3 Å². The Morgan fingerprint density at radius 1 is 0.929 bits per heavy atom. The van der Waals surface area contributed by atoms with E-state index in [9.17, 15) is 9.59 Å². The fraction of sp³-hybridized carbons (Fsp3) is 0.364. The van der Waals surface area contributed by atoms with Crippen LogP contribution in [0.5, 0.6) is 0 Å². The van der Waals surface area contributed by atoms with Gasteiger partial charge in [-0.2, -0.15) is 11.8 Å². The minimum atomic E-state index is -0.0522. The lowest BCUT2D eigenvalue weighted by Gasteiger charge is -2.12. The van der Waals surface area contributed by atoms with Gasteiger partial charge in [-0.1, -0.05) is 41.4 Å². The second-order valence-electron chi connectivity index (χ2n) is 6.82. The van der Waals surface area contributed by atoms with E-state index in [-0.39, 0.29) is 11.8 Å². The average Bonchev–Trinajstić information content (AvgIpc) is 2.63. The minimum Gasteiger partial charge on any atom is -0.326 e. The van der Waals surface area contributed by atoms with Crippen LogP contribution in [0.3, 0.4) is 0 Å². The van der Waals surface area contributed by atoms with Crippen molar-refractivity contribution in [3.8, 4) is 0 Å². The van der Waals surface area contributed by atoms with E-state index in [1.54, 1.807) is 23.9 Å². The molecule has 4 nitrogen and oxygen atoms in total. The maximum Gasteiger partial charge on any atom is 0.225 e. The Morgan fingerprint density at radius 3 is 2.25 bits per heavy atom. The highest BCUT2D eigenvalue weighted by Crippen LogP contribution is 2.23. The van der Waals surface area contributed by atoms with E-state index in [0.717, 1.165) is 29.0 Å². The lowest BCUT2D eigenvalue weighted by molar-refractivity contribution is -0.116. The van der Waals surface area contributed by atoms with Crippen molar-refractivity contribution < 1.29 is 9.59 Å². The molecule has 0 spiro atoms. The van der Waals surface area contributed by atoms with Gasteiger partial charge in [0.1, 0.15) is 0 Å². The molecule has 0 unspecified atom stereocenters. The number of para-hydroxylation sites is 1. The SMILES string of the molecule is Cc1cc(C)c(NC(=O)CCCSCCC(=O)Nc2ccccc2Cl)c(C)c1. The van der Waals surface area contributed by atoms with Crippen molar-refractivity contribution in [2.45, 2.75) is 40.0 Å². The molecule has 0 saturated carbocycles. The summed E-state index contributed by atoms with van der Waals surface area (Å²) in [5.41, 5.74) is 4.93. The third-order valence-electron chi connectivity index (χ3n) is 4.26. The molecule has 0 heterocycles. The largest absolute Gasteiger partial charge is 0.326 e. The molecule has 2 aromatic rings. The number of benzene rings is 2. The molecule has 0 aromatic heterocycles. The molecule has 2 N–H and O–H groups in total. The summed E-state index contributed by atoms with van der Waals surface area (Å²) in [6.07, 6.45) is 1.68. The van der Waals surface area contributed by atoms with E-state index in [0.29, 0.717) is 29.3 Å². The zero-order valence-electron chi connectivity index (χ0n) is 16.6. The van der Waals surface area contributed by atoms with Crippen LogP contribution >= 0.6 is 23.4 Å². The third kappa shape index (κ3) is 7.21. The smallest absolute Gasteiger partial charge is 0.225 e. The predicted octanol–water partition coefficient (Wildman–Crippen LogP) is 5.75. The number of carbonyl (C=O) groups excluding carboxylic acids is 2. The molecule has 0 saturated heterocycles. The number of halogens is 1. The maximum absolute atomic E-state index is 12.2. The summed E-state index contributed by atoms with van der Waals surface area (Å²) in [6.45, 7) is 6.08. The number of carbonyl (C=O) groups is 2. The Morgan fingerprint density at radius 2 is 1.57 bits per heavy atom. The molecule has 28 heavy (non-hydrogen) atoms. The predicted molar refractivity (Wildman–Crippen MR) is 121 cm³/mol.